The molecule has 3 rings (SSSR count). The largest absolute Gasteiger partial charge is 0.346 e. The Morgan fingerprint density at radius 1 is 1.05 bits per heavy atom. The van der Waals surface area contributed by atoms with Crippen molar-refractivity contribution in [2.75, 3.05) is 26.4 Å². The molecule has 1 aromatic rings. The van der Waals surface area contributed by atoms with Crippen molar-refractivity contribution in [1.29, 1.82) is 0 Å². The van der Waals surface area contributed by atoms with Gasteiger partial charge in [-0.1, -0.05) is 6.08 Å². The molecule has 3 heterocycles. The second-order valence-corrected chi connectivity index (χ2v) is 6.13. The van der Waals surface area contributed by atoms with Gasteiger partial charge in [0.05, 0.1) is 31.3 Å². The minimum absolute atomic E-state index is 0.250. The zero-order chi connectivity index (χ0) is 14.5. The lowest BCUT2D eigenvalue weighted by atomic mass is 10.0. The van der Waals surface area contributed by atoms with Crippen molar-refractivity contribution in [3.8, 4) is 0 Å². The van der Waals surface area contributed by atoms with E-state index in [-0.39, 0.29) is 12.6 Å². The van der Waals surface area contributed by atoms with E-state index in [1.807, 2.05) is 6.08 Å². The van der Waals surface area contributed by atoms with Crippen LogP contribution in [0.25, 0.3) is 0 Å². The van der Waals surface area contributed by atoms with E-state index in [4.69, 9.17) is 18.9 Å². The summed E-state index contributed by atoms with van der Waals surface area (Å²) in [6.07, 6.45) is 5.88. The highest BCUT2D eigenvalue weighted by Crippen LogP contribution is 2.40. The first-order chi connectivity index (χ1) is 10.4. The van der Waals surface area contributed by atoms with Gasteiger partial charge in [0, 0.05) is 5.56 Å². The first-order valence-corrected chi connectivity index (χ1v) is 8.45. The molecule has 116 valence electrons. The van der Waals surface area contributed by atoms with Crippen LogP contribution in [0, 0.1) is 0 Å². The zero-order valence-electron chi connectivity index (χ0n) is 12.2. The molecule has 2 aliphatic heterocycles. The maximum atomic E-state index is 5.72. The van der Waals surface area contributed by atoms with Gasteiger partial charge in [0.1, 0.15) is 0 Å². The molecule has 0 atom stereocenters. The van der Waals surface area contributed by atoms with Gasteiger partial charge in [-0.05, 0) is 36.6 Å². The Balaban J connectivity index is 1.76. The molecule has 0 N–H and O–H groups in total. The van der Waals surface area contributed by atoms with Crippen LogP contribution in [-0.4, -0.2) is 26.4 Å². The number of unbranched alkanes of at least 4 members (excludes halogenated alkanes) is 2. The van der Waals surface area contributed by atoms with Crippen LogP contribution >= 0.6 is 11.3 Å². The molecule has 0 aromatic carbocycles. The molecule has 0 unspecified atom stereocenters. The fourth-order valence-electron chi connectivity index (χ4n) is 2.70. The van der Waals surface area contributed by atoms with Crippen molar-refractivity contribution in [2.24, 2.45) is 0 Å². The van der Waals surface area contributed by atoms with E-state index in [1.165, 1.54) is 5.56 Å². The standard InChI is InChI=1S/C16H22O4S/c1-2-3-4-5-6-12-11-21-14(16-19-9-10-20-16)13(12)15-17-7-8-18-15/h2,11,15-16H,1,3-10H2. The van der Waals surface area contributed by atoms with Gasteiger partial charge in [0.15, 0.2) is 12.6 Å². The molecule has 0 amide bonds. The number of hydrogen-bond donors (Lipinski definition) is 0. The number of thiophene rings is 1. The molecule has 1 aromatic heterocycles. The SMILES string of the molecule is C=CCCCCc1csc(C2OCCO2)c1C1OCCO1. The second-order valence-electron chi connectivity index (χ2n) is 5.22. The molecule has 0 spiro atoms. The molecule has 0 radical (unpaired) electrons. The lowest BCUT2D eigenvalue weighted by Gasteiger charge is -2.16. The summed E-state index contributed by atoms with van der Waals surface area (Å²) in [6, 6.07) is 0. The molecule has 4 nitrogen and oxygen atoms in total. The number of ether oxygens (including phenoxy) is 4. The second kappa shape index (κ2) is 7.51. The fraction of sp³-hybridized carbons (Fsp3) is 0.625. The molecule has 0 bridgehead atoms. The maximum Gasteiger partial charge on any atom is 0.193 e. The summed E-state index contributed by atoms with van der Waals surface area (Å²) < 4.78 is 22.8. The van der Waals surface area contributed by atoms with Crippen molar-refractivity contribution in [3.05, 3.63) is 34.0 Å². The summed E-state index contributed by atoms with van der Waals surface area (Å²) in [5.74, 6) is 0. The Morgan fingerprint density at radius 2 is 1.71 bits per heavy atom. The van der Waals surface area contributed by atoms with Crippen LogP contribution in [-0.2, 0) is 25.4 Å². The van der Waals surface area contributed by atoms with E-state index >= 15 is 0 Å². The van der Waals surface area contributed by atoms with E-state index in [9.17, 15) is 0 Å². The molecule has 0 saturated carbocycles. The number of aryl methyl sites for hydroxylation is 1. The predicted molar refractivity (Wildman–Crippen MR) is 81.4 cm³/mol. The minimum atomic E-state index is -0.256. The third-order valence-electron chi connectivity index (χ3n) is 3.74. The van der Waals surface area contributed by atoms with Crippen LogP contribution in [0.3, 0.4) is 0 Å². The molecular formula is C16H22O4S. The quantitative estimate of drug-likeness (QED) is 0.568. The van der Waals surface area contributed by atoms with Crippen molar-refractivity contribution >= 4 is 11.3 Å². The number of allylic oxidation sites excluding steroid dienone is 1. The first-order valence-electron chi connectivity index (χ1n) is 7.57. The molecule has 2 saturated heterocycles. The van der Waals surface area contributed by atoms with Gasteiger partial charge in [-0.3, -0.25) is 0 Å². The highest BCUT2D eigenvalue weighted by Gasteiger charge is 2.31. The first kappa shape index (κ1) is 15.2. The average Bonchev–Trinajstić information content (AvgIpc) is 3.22. The zero-order valence-corrected chi connectivity index (χ0v) is 13.0. The summed E-state index contributed by atoms with van der Waals surface area (Å²) in [5, 5.41) is 2.20. The average molecular weight is 310 g/mol. The van der Waals surface area contributed by atoms with Crippen LogP contribution in [0.2, 0.25) is 0 Å². The highest BCUT2D eigenvalue weighted by atomic mass is 32.1. The molecular weight excluding hydrogens is 288 g/mol. The lowest BCUT2D eigenvalue weighted by Crippen LogP contribution is -2.07. The topological polar surface area (TPSA) is 36.9 Å². The Bertz CT molecular complexity index is 459. The third-order valence-corrected chi connectivity index (χ3v) is 4.81. The van der Waals surface area contributed by atoms with Gasteiger partial charge in [-0.15, -0.1) is 17.9 Å². The Labute approximate surface area is 129 Å². The number of rotatable bonds is 7. The van der Waals surface area contributed by atoms with E-state index in [1.54, 1.807) is 11.3 Å². The number of hydrogen-bond acceptors (Lipinski definition) is 5. The van der Waals surface area contributed by atoms with Crippen LogP contribution in [0.1, 0.15) is 47.8 Å². The molecule has 2 aliphatic rings. The molecule has 21 heavy (non-hydrogen) atoms. The minimum Gasteiger partial charge on any atom is -0.346 e. The van der Waals surface area contributed by atoms with E-state index in [0.29, 0.717) is 26.4 Å². The van der Waals surface area contributed by atoms with Crippen LogP contribution in [0.4, 0.5) is 0 Å². The monoisotopic (exact) mass is 310 g/mol. The summed E-state index contributed by atoms with van der Waals surface area (Å²) in [7, 11) is 0. The van der Waals surface area contributed by atoms with E-state index in [0.717, 1.165) is 36.1 Å². The normalized spacial score (nSPS) is 20.4. The molecule has 2 fully saturated rings. The fourth-order valence-corrected chi connectivity index (χ4v) is 3.82. The van der Waals surface area contributed by atoms with Gasteiger partial charge in [-0.2, -0.15) is 0 Å². The van der Waals surface area contributed by atoms with E-state index < -0.39 is 0 Å². The van der Waals surface area contributed by atoms with Gasteiger partial charge in [0.2, 0.25) is 0 Å². The van der Waals surface area contributed by atoms with Gasteiger partial charge in [-0.25, -0.2) is 0 Å². The highest BCUT2D eigenvalue weighted by molar-refractivity contribution is 7.10. The Hall–Kier alpha value is -0.720. The van der Waals surface area contributed by atoms with Crippen molar-refractivity contribution in [2.45, 2.75) is 38.3 Å². The van der Waals surface area contributed by atoms with Crippen LogP contribution < -0.4 is 0 Å². The van der Waals surface area contributed by atoms with Crippen molar-refractivity contribution in [3.63, 3.8) is 0 Å². The van der Waals surface area contributed by atoms with Gasteiger partial charge in [0.25, 0.3) is 0 Å². The maximum absolute atomic E-state index is 5.72. The predicted octanol–water partition coefficient (Wildman–Crippen LogP) is 3.74. The summed E-state index contributed by atoms with van der Waals surface area (Å²) in [5.41, 5.74) is 2.45. The lowest BCUT2D eigenvalue weighted by molar-refractivity contribution is -0.0618. The van der Waals surface area contributed by atoms with Gasteiger partial charge < -0.3 is 18.9 Å². The molecule has 0 aliphatic carbocycles. The van der Waals surface area contributed by atoms with Crippen LogP contribution in [0.15, 0.2) is 18.0 Å². The Kier molecular flexibility index (Phi) is 5.43. The molecule has 5 heteroatoms. The van der Waals surface area contributed by atoms with Crippen LogP contribution in [0.5, 0.6) is 0 Å². The van der Waals surface area contributed by atoms with Gasteiger partial charge >= 0.3 is 0 Å². The summed E-state index contributed by atoms with van der Waals surface area (Å²) in [4.78, 5) is 1.11. The Morgan fingerprint density at radius 3 is 2.38 bits per heavy atom. The van der Waals surface area contributed by atoms with E-state index in [2.05, 4.69) is 12.0 Å². The third kappa shape index (κ3) is 3.55. The summed E-state index contributed by atoms with van der Waals surface area (Å²) >= 11 is 1.69. The van der Waals surface area contributed by atoms with Crippen molar-refractivity contribution in [1.82, 2.24) is 0 Å². The van der Waals surface area contributed by atoms with Crippen molar-refractivity contribution < 1.29 is 18.9 Å². The smallest absolute Gasteiger partial charge is 0.193 e. The summed E-state index contributed by atoms with van der Waals surface area (Å²) in [6.45, 7) is 6.39.